The molecular formula is C28H45N3O3. The van der Waals surface area contributed by atoms with Crippen LogP contribution in [0.15, 0.2) is 18.2 Å². The Hall–Kier alpha value is -2.34. The van der Waals surface area contributed by atoms with E-state index in [-0.39, 0.29) is 5.75 Å². The number of ether oxygens (including phenoxy) is 2. The number of phenols is 1. The Kier molecular flexibility index (Phi) is 12.8. The third kappa shape index (κ3) is 8.15. The van der Waals surface area contributed by atoms with Crippen LogP contribution in [0.4, 0.5) is 5.82 Å². The van der Waals surface area contributed by atoms with Gasteiger partial charge in [0.05, 0.1) is 7.11 Å². The molecule has 1 aromatic carbocycles. The summed E-state index contributed by atoms with van der Waals surface area (Å²) in [5.41, 5.74) is 3.83. The number of hydrogen-bond acceptors (Lipinski definition) is 6. The highest BCUT2D eigenvalue weighted by atomic mass is 16.5. The van der Waals surface area contributed by atoms with Gasteiger partial charge >= 0.3 is 0 Å². The summed E-state index contributed by atoms with van der Waals surface area (Å²) in [7, 11) is 3.33. The minimum atomic E-state index is 0.158. The highest BCUT2D eigenvalue weighted by Crippen LogP contribution is 2.36. The lowest BCUT2D eigenvalue weighted by atomic mass is 9.94. The number of methoxy groups -OCH3 is 2. The van der Waals surface area contributed by atoms with Crippen molar-refractivity contribution < 1.29 is 14.6 Å². The number of hydrogen-bond donors (Lipinski definition) is 2. The smallest absolute Gasteiger partial charge is 0.152 e. The monoisotopic (exact) mass is 471 g/mol. The number of rotatable bonds is 17. The largest absolute Gasteiger partial charge is 0.507 e. The third-order valence-electron chi connectivity index (χ3n) is 6.44. The standard InChI is InChI=1S/C28H45N3O3/c1-6-9-11-12-14-21(8-3)29-28-24(15-10-7-2)23(16-13-19-33-4)27(30-31-28)25-18-17-22(34-5)20-26(25)32/h17-18,20-21,32H,6-16,19H2,1-5H3,(H,29,31). The van der Waals surface area contributed by atoms with Gasteiger partial charge in [0.25, 0.3) is 0 Å². The van der Waals surface area contributed by atoms with Gasteiger partial charge in [-0.15, -0.1) is 10.2 Å². The predicted octanol–water partition coefficient (Wildman–Crippen LogP) is 6.94. The molecule has 1 heterocycles. The van der Waals surface area contributed by atoms with Crippen molar-refractivity contribution >= 4 is 5.82 Å². The van der Waals surface area contributed by atoms with Gasteiger partial charge in [-0.05, 0) is 56.2 Å². The molecule has 2 rings (SSSR count). The summed E-state index contributed by atoms with van der Waals surface area (Å²) in [6.45, 7) is 7.38. The molecule has 2 aromatic rings. The molecule has 0 saturated carbocycles. The van der Waals surface area contributed by atoms with Gasteiger partial charge in [-0.25, -0.2) is 0 Å². The van der Waals surface area contributed by atoms with Gasteiger partial charge in [0, 0.05) is 37.0 Å². The minimum absolute atomic E-state index is 0.158. The molecule has 0 amide bonds. The first kappa shape index (κ1) is 27.9. The van der Waals surface area contributed by atoms with Crippen molar-refractivity contribution in [3.05, 3.63) is 29.3 Å². The fourth-order valence-electron chi connectivity index (χ4n) is 4.35. The molecule has 6 heteroatoms. The Balaban J connectivity index is 2.47. The summed E-state index contributed by atoms with van der Waals surface area (Å²) in [5.74, 6) is 1.68. The molecule has 0 fully saturated rings. The second kappa shape index (κ2) is 15.5. The lowest BCUT2D eigenvalue weighted by Gasteiger charge is -2.23. The summed E-state index contributed by atoms with van der Waals surface area (Å²) in [4.78, 5) is 0. The molecule has 0 aliphatic rings. The van der Waals surface area contributed by atoms with Crippen LogP contribution in [0, 0.1) is 0 Å². The average Bonchev–Trinajstić information content (AvgIpc) is 2.85. The number of nitrogens with zero attached hydrogens (tertiary/aromatic N) is 2. The van der Waals surface area contributed by atoms with Crippen LogP contribution in [0.2, 0.25) is 0 Å². The van der Waals surface area contributed by atoms with Gasteiger partial charge < -0.3 is 19.9 Å². The molecule has 1 unspecified atom stereocenters. The van der Waals surface area contributed by atoms with Crippen molar-refractivity contribution in [2.24, 2.45) is 0 Å². The zero-order valence-corrected chi connectivity index (χ0v) is 22.0. The molecule has 1 atom stereocenters. The Labute approximate surface area is 206 Å². The molecule has 1 aromatic heterocycles. The molecule has 0 spiro atoms. The van der Waals surface area contributed by atoms with E-state index < -0.39 is 0 Å². The van der Waals surface area contributed by atoms with Crippen LogP contribution in [-0.4, -0.2) is 42.2 Å². The first-order valence-electron chi connectivity index (χ1n) is 13.1. The molecular weight excluding hydrogens is 426 g/mol. The van der Waals surface area contributed by atoms with E-state index in [0.29, 0.717) is 24.0 Å². The number of aromatic hydroxyl groups is 1. The fourth-order valence-corrected chi connectivity index (χ4v) is 4.35. The molecule has 0 saturated heterocycles. The number of unbranched alkanes of at least 4 members (excludes halogenated alkanes) is 4. The van der Waals surface area contributed by atoms with Crippen LogP contribution in [-0.2, 0) is 17.6 Å². The molecule has 0 bridgehead atoms. The summed E-state index contributed by atoms with van der Waals surface area (Å²) in [6, 6.07) is 5.75. The maximum Gasteiger partial charge on any atom is 0.152 e. The number of aromatic nitrogens is 2. The van der Waals surface area contributed by atoms with E-state index in [1.54, 1.807) is 20.3 Å². The number of benzene rings is 1. The molecule has 0 aliphatic heterocycles. The number of phenolic OH excluding ortho intramolecular Hbond substituents is 1. The first-order valence-corrected chi connectivity index (χ1v) is 13.1. The summed E-state index contributed by atoms with van der Waals surface area (Å²) >= 11 is 0. The van der Waals surface area contributed by atoms with Crippen LogP contribution in [0.5, 0.6) is 11.5 Å². The molecule has 190 valence electrons. The molecule has 2 N–H and O–H groups in total. The maximum absolute atomic E-state index is 10.7. The Morgan fingerprint density at radius 2 is 1.68 bits per heavy atom. The highest BCUT2D eigenvalue weighted by molar-refractivity contribution is 5.73. The molecule has 34 heavy (non-hydrogen) atoms. The SMILES string of the molecule is CCCCCCC(CC)Nc1nnc(-c2ccc(OC)cc2O)c(CCCOC)c1CCCC. The lowest BCUT2D eigenvalue weighted by Crippen LogP contribution is -2.22. The maximum atomic E-state index is 10.7. The number of nitrogens with one attached hydrogen (secondary N) is 1. The van der Waals surface area contributed by atoms with Crippen molar-refractivity contribution in [3.63, 3.8) is 0 Å². The van der Waals surface area contributed by atoms with Gasteiger partial charge in [-0.2, -0.15) is 0 Å². The first-order chi connectivity index (χ1) is 16.6. The normalized spacial score (nSPS) is 12.0. The fraction of sp³-hybridized carbons (Fsp3) is 0.643. The van der Waals surface area contributed by atoms with E-state index in [1.807, 2.05) is 12.1 Å². The number of anilines is 1. The zero-order chi connectivity index (χ0) is 24.8. The van der Waals surface area contributed by atoms with Crippen molar-refractivity contribution in [1.82, 2.24) is 10.2 Å². The Bertz CT molecular complexity index is 857. The van der Waals surface area contributed by atoms with E-state index >= 15 is 0 Å². The van der Waals surface area contributed by atoms with Crippen LogP contribution in [0.25, 0.3) is 11.3 Å². The van der Waals surface area contributed by atoms with Gasteiger partial charge in [0.1, 0.15) is 17.2 Å². The quantitative estimate of drug-likeness (QED) is 0.243. The highest BCUT2D eigenvalue weighted by Gasteiger charge is 2.21. The van der Waals surface area contributed by atoms with Crippen LogP contribution in [0.3, 0.4) is 0 Å². The molecule has 0 radical (unpaired) electrons. The van der Waals surface area contributed by atoms with Crippen LogP contribution >= 0.6 is 0 Å². The topological polar surface area (TPSA) is 76.5 Å². The van der Waals surface area contributed by atoms with Crippen molar-refractivity contribution in [1.29, 1.82) is 0 Å². The zero-order valence-electron chi connectivity index (χ0n) is 22.0. The average molecular weight is 472 g/mol. The van der Waals surface area contributed by atoms with E-state index in [1.165, 1.54) is 31.2 Å². The lowest BCUT2D eigenvalue weighted by molar-refractivity contribution is 0.195. The van der Waals surface area contributed by atoms with E-state index in [2.05, 4.69) is 36.3 Å². The Morgan fingerprint density at radius 3 is 2.32 bits per heavy atom. The van der Waals surface area contributed by atoms with Gasteiger partial charge in [-0.1, -0.05) is 52.9 Å². The van der Waals surface area contributed by atoms with E-state index in [4.69, 9.17) is 9.47 Å². The van der Waals surface area contributed by atoms with Gasteiger partial charge in [-0.3, -0.25) is 0 Å². The molecule has 0 aliphatic carbocycles. The molecule has 6 nitrogen and oxygen atoms in total. The second-order valence-electron chi connectivity index (χ2n) is 9.04. The van der Waals surface area contributed by atoms with Crippen molar-refractivity contribution in [3.8, 4) is 22.8 Å². The van der Waals surface area contributed by atoms with E-state index in [0.717, 1.165) is 62.0 Å². The summed E-state index contributed by atoms with van der Waals surface area (Å²) < 4.78 is 10.6. The third-order valence-corrected chi connectivity index (χ3v) is 6.44. The van der Waals surface area contributed by atoms with Gasteiger partial charge in [0.15, 0.2) is 5.82 Å². The summed E-state index contributed by atoms with van der Waals surface area (Å²) in [6.07, 6.45) is 12.1. The minimum Gasteiger partial charge on any atom is -0.507 e. The summed E-state index contributed by atoms with van der Waals surface area (Å²) in [5, 5.41) is 23.8. The second-order valence-corrected chi connectivity index (χ2v) is 9.04. The predicted molar refractivity (Wildman–Crippen MR) is 141 cm³/mol. The van der Waals surface area contributed by atoms with Crippen molar-refractivity contribution in [2.75, 3.05) is 26.1 Å². The van der Waals surface area contributed by atoms with Crippen LogP contribution < -0.4 is 10.1 Å². The van der Waals surface area contributed by atoms with Crippen LogP contribution in [0.1, 0.15) is 89.7 Å². The van der Waals surface area contributed by atoms with Crippen molar-refractivity contribution in [2.45, 2.75) is 97.4 Å². The van der Waals surface area contributed by atoms with Gasteiger partial charge in [0.2, 0.25) is 0 Å². The van der Waals surface area contributed by atoms with E-state index in [9.17, 15) is 5.11 Å². The Morgan fingerprint density at radius 1 is 0.912 bits per heavy atom.